The monoisotopic (exact) mass is 315 g/mol. The summed E-state index contributed by atoms with van der Waals surface area (Å²) in [6.07, 6.45) is 8.11. The van der Waals surface area contributed by atoms with E-state index in [0.717, 1.165) is 31.7 Å². The molecule has 0 amide bonds. The fourth-order valence-corrected chi connectivity index (χ4v) is 5.19. The number of benzene rings is 1. The quantitative estimate of drug-likeness (QED) is 0.899. The van der Waals surface area contributed by atoms with Crippen LogP contribution in [0, 0.1) is 11.8 Å². The van der Waals surface area contributed by atoms with E-state index in [1.807, 2.05) is 12.1 Å². The van der Waals surface area contributed by atoms with E-state index >= 15 is 0 Å². The zero-order valence-corrected chi connectivity index (χ0v) is 14.0. The third kappa shape index (κ3) is 2.89. The fourth-order valence-electron chi connectivity index (χ4n) is 5.19. The van der Waals surface area contributed by atoms with Gasteiger partial charge in [-0.3, -0.25) is 0 Å². The Morgan fingerprint density at radius 1 is 1.17 bits per heavy atom. The van der Waals surface area contributed by atoms with Crippen molar-refractivity contribution in [3.8, 4) is 5.75 Å². The molecule has 3 nitrogen and oxygen atoms in total. The summed E-state index contributed by atoms with van der Waals surface area (Å²) in [7, 11) is 0. The highest BCUT2D eigenvalue weighted by molar-refractivity contribution is 5.35. The summed E-state index contributed by atoms with van der Waals surface area (Å²) in [4.78, 5) is 2.65. The number of likely N-dealkylation sites (tertiary alicyclic amines) is 1. The van der Waals surface area contributed by atoms with E-state index < -0.39 is 0 Å². The van der Waals surface area contributed by atoms with E-state index in [1.165, 1.54) is 44.3 Å². The van der Waals surface area contributed by atoms with Crippen LogP contribution in [0.15, 0.2) is 24.3 Å². The van der Waals surface area contributed by atoms with Gasteiger partial charge in [0.25, 0.3) is 0 Å². The maximum Gasteiger partial charge on any atom is 0.115 e. The van der Waals surface area contributed by atoms with Gasteiger partial charge in [-0.05, 0) is 74.6 Å². The second kappa shape index (κ2) is 6.10. The van der Waals surface area contributed by atoms with Gasteiger partial charge in [-0.1, -0.05) is 18.6 Å². The Morgan fingerprint density at radius 3 is 2.78 bits per heavy atom. The average molecular weight is 315 g/mol. The predicted molar refractivity (Wildman–Crippen MR) is 91.5 cm³/mol. The van der Waals surface area contributed by atoms with Gasteiger partial charge < -0.3 is 15.1 Å². The van der Waals surface area contributed by atoms with Crippen LogP contribution in [0.3, 0.4) is 0 Å². The molecular formula is C20H29NO2. The number of fused-ring (bicyclic) bond motifs is 1. The molecule has 1 aromatic carbocycles. The first-order valence-corrected chi connectivity index (χ1v) is 9.36. The van der Waals surface area contributed by atoms with Crippen molar-refractivity contribution in [1.82, 2.24) is 4.90 Å². The Kier molecular flexibility index (Phi) is 4.10. The van der Waals surface area contributed by atoms with Crippen LogP contribution in [0.4, 0.5) is 0 Å². The molecule has 2 N–H and O–H groups in total. The maximum atomic E-state index is 10.2. The molecule has 1 heterocycles. The number of phenolic OH excluding ortho intramolecular Hbond substituents is 1. The van der Waals surface area contributed by atoms with E-state index in [0.29, 0.717) is 11.7 Å². The minimum Gasteiger partial charge on any atom is -0.508 e. The number of phenols is 1. The molecule has 3 atom stereocenters. The van der Waals surface area contributed by atoms with E-state index in [4.69, 9.17) is 0 Å². The minimum atomic E-state index is -0.144. The van der Waals surface area contributed by atoms with Gasteiger partial charge in [-0.25, -0.2) is 0 Å². The third-order valence-corrected chi connectivity index (χ3v) is 6.78. The molecule has 2 saturated carbocycles. The van der Waals surface area contributed by atoms with Gasteiger partial charge in [0.2, 0.25) is 0 Å². The summed E-state index contributed by atoms with van der Waals surface area (Å²) >= 11 is 0. The lowest BCUT2D eigenvalue weighted by molar-refractivity contribution is -0.00949. The van der Waals surface area contributed by atoms with Crippen LogP contribution in [-0.2, 0) is 5.41 Å². The molecule has 3 heteroatoms. The zero-order valence-electron chi connectivity index (χ0n) is 14.0. The Bertz CT molecular complexity index is 556. The van der Waals surface area contributed by atoms with Gasteiger partial charge in [0.15, 0.2) is 0 Å². The van der Waals surface area contributed by atoms with Crippen molar-refractivity contribution >= 4 is 0 Å². The van der Waals surface area contributed by atoms with Crippen LogP contribution < -0.4 is 0 Å². The van der Waals surface area contributed by atoms with Gasteiger partial charge in [-0.15, -0.1) is 0 Å². The van der Waals surface area contributed by atoms with Crippen LogP contribution >= 0.6 is 0 Å². The van der Waals surface area contributed by atoms with E-state index in [9.17, 15) is 10.2 Å². The van der Waals surface area contributed by atoms with Crippen molar-refractivity contribution in [2.24, 2.45) is 11.8 Å². The highest BCUT2D eigenvalue weighted by Gasteiger charge is 2.47. The zero-order chi connectivity index (χ0) is 15.9. The van der Waals surface area contributed by atoms with Gasteiger partial charge in [0, 0.05) is 18.5 Å². The summed E-state index contributed by atoms with van der Waals surface area (Å²) in [5.41, 5.74) is 1.45. The molecule has 0 spiro atoms. The molecule has 4 rings (SSSR count). The van der Waals surface area contributed by atoms with Gasteiger partial charge in [-0.2, -0.15) is 0 Å². The van der Waals surface area contributed by atoms with E-state index in [-0.39, 0.29) is 11.5 Å². The first-order valence-electron chi connectivity index (χ1n) is 9.36. The molecule has 1 aromatic rings. The smallest absolute Gasteiger partial charge is 0.115 e. The van der Waals surface area contributed by atoms with E-state index in [2.05, 4.69) is 11.0 Å². The van der Waals surface area contributed by atoms with Crippen molar-refractivity contribution in [3.05, 3.63) is 29.8 Å². The highest BCUT2D eigenvalue weighted by Crippen LogP contribution is 2.49. The average Bonchev–Trinajstić information content (AvgIpc) is 2.51. The second-order valence-electron chi connectivity index (χ2n) is 8.14. The van der Waals surface area contributed by atoms with Crippen LogP contribution in [0.5, 0.6) is 5.75 Å². The molecule has 0 aromatic heterocycles. The van der Waals surface area contributed by atoms with Crippen LogP contribution in [0.2, 0.25) is 0 Å². The molecular weight excluding hydrogens is 286 g/mol. The molecule has 3 fully saturated rings. The molecule has 1 saturated heterocycles. The lowest BCUT2D eigenvalue weighted by atomic mass is 9.58. The largest absolute Gasteiger partial charge is 0.508 e. The predicted octanol–water partition coefficient (Wildman–Crippen LogP) is 3.30. The van der Waals surface area contributed by atoms with Crippen molar-refractivity contribution in [2.45, 2.75) is 56.5 Å². The van der Waals surface area contributed by atoms with Gasteiger partial charge in [0.05, 0.1) is 6.10 Å². The fraction of sp³-hybridized carbons (Fsp3) is 0.700. The van der Waals surface area contributed by atoms with Crippen molar-refractivity contribution in [1.29, 1.82) is 0 Å². The number of nitrogens with zero attached hydrogens (tertiary/aromatic N) is 1. The summed E-state index contributed by atoms with van der Waals surface area (Å²) in [5.74, 6) is 1.80. The summed E-state index contributed by atoms with van der Waals surface area (Å²) < 4.78 is 0. The standard InChI is InChI=1S/C20H29NO2/c22-18-6-2-5-16(11-18)20-8-7-19(23)12-17(20)14-21(10-9-20)13-15-3-1-4-15/h2,5-6,11,15,17,19,22-23H,1,3-4,7-10,12-14H2/t17-,19-,20-/m0/s1. The first kappa shape index (κ1) is 15.5. The topological polar surface area (TPSA) is 43.7 Å². The van der Waals surface area contributed by atoms with Crippen LogP contribution in [-0.4, -0.2) is 40.9 Å². The summed E-state index contributed by atoms with van der Waals surface area (Å²) in [6, 6.07) is 7.89. The van der Waals surface area contributed by atoms with Gasteiger partial charge in [0.1, 0.15) is 5.75 Å². The van der Waals surface area contributed by atoms with Gasteiger partial charge >= 0.3 is 0 Å². The number of aliphatic hydroxyl groups excluding tert-OH is 1. The normalized spacial score (nSPS) is 35.5. The SMILES string of the molecule is Oc1cccc([C@@]23CC[C@H](O)C[C@H]2CN(CC2CCC2)CC3)c1. The Hall–Kier alpha value is -1.06. The lowest BCUT2D eigenvalue weighted by Gasteiger charge is -2.53. The minimum absolute atomic E-state index is 0.144. The van der Waals surface area contributed by atoms with E-state index in [1.54, 1.807) is 6.07 Å². The number of hydrogen-bond donors (Lipinski definition) is 2. The molecule has 0 bridgehead atoms. The second-order valence-corrected chi connectivity index (χ2v) is 8.14. The van der Waals surface area contributed by atoms with Crippen molar-refractivity contribution in [3.63, 3.8) is 0 Å². The molecule has 126 valence electrons. The van der Waals surface area contributed by atoms with Crippen LogP contribution in [0.25, 0.3) is 0 Å². The Morgan fingerprint density at radius 2 is 2.04 bits per heavy atom. The number of aliphatic hydroxyl groups is 1. The Balaban J connectivity index is 1.56. The summed E-state index contributed by atoms with van der Waals surface area (Å²) in [5, 5.41) is 20.2. The number of hydrogen-bond acceptors (Lipinski definition) is 3. The molecule has 1 aliphatic heterocycles. The molecule has 3 aliphatic rings. The molecule has 0 radical (unpaired) electrons. The van der Waals surface area contributed by atoms with Crippen molar-refractivity contribution < 1.29 is 10.2 Å². The lowest BCUT2D eigenvalue weighted by Crippen LogP contribution is -2.54. The van der Waals surface area contributed by atoms with Crippen LogP contribution in [0.1, 0.15) is 50.5 Å². The number of rotatable bonds is 3. The molecule has 23 heavy (non-hydrogen) atoms. The maximum absolute atomic E-state index is 10.2. The molecule has 0 unspecified atom stereocenters. The first-order chi connectivity index (χ1) is 11.2. The Labute approximate surface area is 139 Å². The number of aromatic hydroxyl groups is 1. The van der Waals surface area contributed by atoms with Crippen molar-refractivity contribution in [2.75, 3.05) is 19.6 Å². The summed E-state index contributed by atoms with van der Waals surface area (Å²) in [6.45, 7) is 3.53. The highest BCUT2D eigenvalue weighted by atomic mass is 16.3. The number of piperidine rings is 1. The third-order valence-electron chi connectivity index (χ3n) is 6.78. The molecule has 2 aliphatic carbocycles.